The number of likely N-dealkylation sites (tertiary alicyclic amines) is 1. The van der Waals surface area contributed by atoms with Crippen LogP contribution in [0.5, 0.6) is 0 Å². The van der Waals surface area contributed by atoms with Crippen molar-refractivity contribution in [1.29, 1.82) is 0 Å². The summed E-state index contributed by atoms with van der Waals surface area (Å²) in [5.74, 6) is 0.632. The van der Waals surface area contributed by atoms with Crippen LogP contribution in [0.25, 0.3) is 5.69 Å². The van der Waals surface area contributed by atoms with Crippen LogP contribution >= 0.6 is 0 Å². The summed E-state index contributed by atoms with van der Waals surface area (Å²) in [5, 5.41) is 14.5. The molecule has 1 amide bonds. The average Bonchev–Trinajstić information content (AvgIpc) is 3.21. The van der Waals surface area contributed by atoms with Crippen molar-refractivity contribution in [3.8, 4) is 5.69 Å². The number of nitrogens with zero attached hydrogens (tertiary/aromatic N) is 5. The number of aromatic nitrogens is 4. The molecule has 1 saturated heterocycles. The molecule has 1 atom stereocenters. The third-order valence-electron chi connectivity index (χ3n) is 4.38. The van der Waals surface area contributed by atoms with Gasteiger partial charge in [0.1, 0.15) is 0 Å². The molecule has 0 spiro atoms. The van der Waals surface area contributed by atoms with Crippen molar-refractivity contribution in [2.45, 2.75) is 32.7 Å². The Labute approximate surface area is 135 Å². The van der Waals surface area contributed by atoms with Crippen LogP contribution in [0, 0.1) is 6.92 Å². The zero-order chi connectivity index (χ0) is 16.2. The van der Waals surface area contributed by atoms with Crippen LogP contribution in [0.1, 0.15) is 35.9 Å². The Balaban J connectivity index is 1.67. The highest BCUT2D eigenvalue weighted by Gasteiger charge is 2.23. The number of amides is 1. The van der Waals surface area contributed by atoms with E-state index < -0.39 is 0 Å². The zero-order valence-electron chi connectivity index (χ0n) is 13.6. The molecule has 122 valence electrons. The Hall–Kier alpha value is -2.28. The van der Waals surface area contributed by atoms with Gasteiger partial charge in [-0.25, -0.2) is 0 Å². The minimum Gasteiger partial charge on any atom is -0.350 e. The molecule has 23 heavy (non-hydrogen) atoms. The van der Waals surface area contributed by atoms with Crippen molar-refractivity contribution < 1.29 is 4.79 Å². The highest BCUT2D eigenvalue weighted by molar-refractivity contribution is 5.94. The maximum absolute atomic E-state index is 12.4. The standard InChI is InChI=1S/C16H22N6O/c1-3-21-9-5-8-15(21)11-17-16(23)13-6-4-7-14(10-13)22-12(2)18-19-20-22/h4,6-7,10,15H,3,5,8-9,11H2,1-2H3,(H,17,23). The Morgan fingerprint density at radius 3 is 3.04 bits per heavy atom. The molecule has 1 fully saturated rings. The molecule has 0 saturated carbocycles. The lowest BCUT2D eigenvalue weighted by Crippen LogP contribution is -2.40. The number of hydrogen-bond donors (Lipinski definition) is 1. The van der Waals surface area contributed by atoms with Gasteiger partial charge in [0.15, 0.2) is 5.82 Å². The lowest BCUT2D eigenvalue weighted by molar-refractivity contribution is 0.0941. The van der Waals surface area contributed by atoms with Crippen molar-refractivity contribution in [3.05, 3.63) is 35.7 Å². The van der Waals surface area contributed by atoms with Crippen LogP contribution in [0.3, 0.4) is 0 Å². The summed E-state index contributed by atoms with van der Waals surface area (Å²) in [4.78, 5) is 14.8. The summed E-state index contributed by atoms with van der Waals surface area (Å²) < 4.78 is 1.62. The van der Waals surface area contributed by atoms with E-state index in [2.05, 4.69) is 32.7 Å². The minimum atomic E-state index is -0.0551. The van der Waals surface area contributed by atoms with E-state index in [1.54, 1.807) is 4.68 Å². The van der Waals surface area contributed by atoms with Crippen LogP contribution < -0.4 is 5.32 Å². The van der Waals surface area contributed by atoms with Crippen molar-refractivity contribution in [3.63, 3.8) is 0 Å². The maximum atomic E-state index is 12.4. The van der Waals surface area contributed by atoms with E-state index in [9.17, 15) is 4.79 Å². The predicted molar refractivity (Wildman–Crippen MR) is 86.5 cm³/mol. The van der Waals surface area contributed by atoms with Crippen LogP contribution in [0.2, 0.25) is 0 Å². The first-order valence-electron chi connectivity index (χ1n) is 8.06. The first kappa shape index (κ1) is 15.6. The number of carbonyl (C=O) groups excluding carboxylic acids is 1. The predicted octanol–water partition coefficient (Wildman–Crippen LogP) is 1.18. The minimum absolute atomic E-state index is 0.0551. The molecular formula is C16H22N6O. The van der Waals surface area contributed by atoms with Gasteiger partial charge in [-0.3, -0.25) is 9.69 Å². The SMILES string of the molecule is CCN1CCCC1CNC(=O)c1cccc(-n2nnnc2C)c1. The zero-order valence-corrected chi connectivity index (χ0v) is 13.6. The van der Waals surface area contributed by atoms with Crippen molar-refractivity contribution in [2.75, 3.05) is 19.6 Å². The number of hydrogen-bond acceptors (Lipinski definition) is 5. The fraction of sp³-hybridized carbons (Fsp3) is 0.500. The number of nitrogens with one attached hydrogen (secondary N) is 1. The Morgan fingerprint density at radius 2 is 2.30 bits per heavy atom. The van der Waals surface area contributed by atoms with Gasteiger partial charge in [-0.2, -0.15) is 4.68 Å². The second-order valence-electron chi connectivity index (χ2n) is 5.82. The van der Waals surface area contributed by atoms with Gasteiger partial charge in [0, 0.05) is 18.2 Å². The topological polar surface area (TPSA) is 75.9 Å². The Kier molecular flexibility index (Phi) is 4.66. The highest BCUT2D eigenvalue weighted by atomic mass is 16.1. The fourth-order valence-corrected chi connectivity index (χ4v) is 3.10. The number of benzene rings is 1. The normalized spacial score (nSPS) is 18.3. The molecule has 0 bridgehead atoms. The van der Waals surface area contributed by atoms with E-state index in [1.165, 1.54) is 6.42 Å². The maximum Gasteiger partial charge on any atom is 0.251 e. The van der Waals surface area contributed by atoms with Gasteiger partial charge in [-0.15, -0.1) is 5.10 Å². The lowest BCUT2D eigenvalue weighted by atomic mass is 10.1. The van der Waals surface area contributed by atoms with Crippen LogP contribution in [-0.4, -0.2) is 56.7 Å². The number of aryl methyl sites for hydroxylation is 1. The summed E-state index contributed by atoms with van der Waals surface area (Å²) >= 11 is 0. The van der Waals surface area contributed by atoms with Gasteiger partial charge in [0.25, 0.3) is 5.91 Å². The molecule has 1 aliphatic heterocycles. The summed E-state index contributed by atoms with van der Waals surface area (Å²) in [6, 6.07) is 7.80. The van der Waals surface area contributed by atoms with E-state index in [0.29, 0.717) is 24.0 Å². The van der Waals surface area contributed by atoms with Gasteiger partial charge in [-0.05, 0) is 61.5 Å². The number of carbonyl (C=O) groups is 1. The summed E-state index contributed by atoms with van der Waals surface area (Å²) in [7, 11) is 0. The molecule has 3 rings (SSSR count). The van der Waals surface area contributed by atoms with E-state index in [1.807, 2.05) is 31.2 Å². The third kappa shape index (κ3) is 3.39. The quantitative estimate of drug-likeness (QED) is 0.897. The summed E-state index contributed by atoms with van der Waals surface area (Å²) in [6.07, 6.45) is 2.36. The first-order valence-corrected chi connectivity index (χ1v) is 8.06. The van der Waals surface area contributed by atoms with Crippen LogP contribution in [-0.2, 0) is 0 Å². The van der Waals surface area contributed by atoms with Gasteiger partial charge in [-0.1, -0.05) is 13.0 Å². The molecule has 0 radical (unpaired) electrons. The van der Waals surface area contributed by atoms with Gasteiger partial charge in [0.05, 0.1) is 5.69 Å². The van der Waals surface area contributed by atoms with Crippen molar-refractivity contribution in [2.24, 2.45) is 0 Å². The molecule has 0 aliphatic carbocycles. The van der Waals surface area contributed by atoms with Gasteiger partial charge < -0.3 is 5.32 Å². The molecule has 7 heteroatoms. The van der Waals surface area contributed by atoms with E-state index in [-0.39, 0.29) is 5.91 Å². The van der Waals surface area contributed by atoms with E-state index >= 15 is 0 Å². The fourth-order valence-electron chi connectivity index (χ4n) is 3.10. The number of likely N-dealkylation sites (N-methyl/N-ethyl adjacent to an activating group) is 1. The largest absolute Gasteiger partial charge is 0.350 e. The molecule has 1 aromatic heterocycles. The number of rotatable bonds is 5. The molecule has 1 aromatic carbocycles. The van der Waals surface area contributed by atoms with Crippen LogP contribution in [0.15, 0.2) is 24.3 Å². The molecular weight excluding hydrogens is 292 g/mol. The van der Waals surface area contributed by atoms with E-state index in [0.717, 1.165) is 25.2 Å². The Bertz CT molecular complexity index is 683. The second kappa shape index (κ2) is 6.87. The molecule has 2 aromatic rings. The molecule has 1 aliphatic rings. The molecule has 1 N–H and O–H groups in total. The highest BCUT2D eigenvalue weighted by Crippen LogP contribution is 2.16. The molecule has 7 nitrogen and oxygen atoms in total. The van der Waals surface area contributed by atoms with Gasteiger partial charge >= 0.3 is 0 Å². The lowest BCUT2D eigenvalue weighted by Gasteiger charge is -2.22. The summed E-state index contributed by atoms with van der Waals surface area (Å²) in [5.41, 5.74) is 1.41. The Morgan fingerprint density at radius 1 is 1.43 bits per heavy atom. The third-order valence-corrected chi connectivity index (χ3v) is 4.38. The average molecular weight is 314 g/mol. The van der Waals surface area contributed by atoms with Crippen LogP contribution in [0.4, 0.5) is 0 Å². The van der Waals surface area contributed by atoms with Crippen molar-refractivity contribution >= 4 is 5.91 Å². The van der Waals surface area contributed by atoms with Crippen molar-refractivity contribution in [1.82, 2.24) is 30.4 Å². The molecule has 2 heterocycles. The number of tetrazole rings is 1. The second-order valence-corrected chi connectivity index (χ2v) is 5.82. The van der Waals surface area contributed by atoms with Gasteiger partial charge in [0.2, 0.25) is 0 Å². The monoisotopic (exact) mass is 314 g/mol. The summed E-state index contributed by atoms with van der Waals surface area (Å²) in [6.45, 7) is 6.85. The van der Waals surface area contributed by atoms with E-state index in [4.69, 9.17) is 0 Å². The molecule has 1 unspecified atom stereocenters. The smallest absolute Gasteiger partial charge is 0.251 e. The first-order chi connectivity index (χ1) is 11.2.